The highest BCUT2D eigenvalue weighted by Crippen LogP contribution is 2.67. The molecule has 134 valence electrons. The summed E-state index contributed by atoms with van der Waals surface area (Å²) in [5.41, 5.74) is 4.16. The molecule has 0 N–H and O–H groups in total. The molecule has 0 heterocycles. The molecular weight excluding hydrogens is 292 g/mol. The first-order chi connectivity index (χ1) is 11.4. The van der Waals surface area contributed by atoms with Gasteiger partial charge in [0.05, 0.1) is 6.10 Å². The monoisotopic (exact) mass is 328 g/mol. The molecule has 4 aliphatic carbocycles. The van der Waals surface area contributed by atoms with Gasteiger partial charge in [0, 0.05) is 7.11 Å². The zero-order valence-corrected chi connectivity index (χ0v) is 16.2. The Balaban J connectivity index is 1.63. The third kappa shape index (κ3) is 2.23. The van der Waals surface area contributed by atoms with Gasteiger partial charge in [-0.2, -0.15) is 0 Å². The smallest absolute Gasteiger partial charge is 0.0608 e. The molecule has 1 unspecified atom stereocenters. The summed E-state index contributed by atoms with van der Waals surface area (Å²) in [6, 6.07) is 0. The summed E-state index contributed by atoms with van der Waals surface area (Å²) in [5.74, 6) is 3.52. The fraction of sp³-hybridized carbons (Fsp3) is 0.826. The summed E-state index contributed by atoms with van der Waals surface area (Å²) < 4.78 is 5.70. The molecule has 0 aromatic carbocycles. The zero-order chi connectivity index (χ0) is 17.1. The molecule has 0 aromatic heterocycles. The number of hydrogen-bond acceptors (Lipinski definition) is 1. The molecule has 3 saturated carbocycles. The first-order valence-electron chi connectivity index (χ1n) is 10.3. The normalized spacial score (nSPS) is 50.5. The van der Waals surface area contributed by atoms with E-state index in [1.807, 2.05) is 7.11 Å². The lowest BCUT2D eigenvalue weighted by atomic mass is 9.47. The van der Waals surface area contributed by atoms with Crippen LogP contribution in [0, 0.1) is 34.5 Å². The number of methoxy groups -OCH3 is 1. The van der Waals surface area contributed by atoms with Gasteiger partial charge in [-0.05, 0) is 92.8 Å². The van der Waals surface area contributed by atoms with E-state index in [9.17, 15) is 0 Å². The van der Waals surface area contributed by atoms with Crippen molar-refractivity contribution < 1.29 is 4.74 Å². The molecule has 0 radical (unpaired) electrons. The molecule has 0 spiro atoms. The average molecular weight is 329 g/mol. The molecule has 3 fully saturated rings. The van der Waals surface area contributed by atoms with Crippen LogP contribution in [0.15, 0.2) is 23.8 Å². The van der Waals surface area contributed by atoms with E-state index >= 15 is 0 Å². The predicted octanol–water partition coefficient (Wildman–Crippen LogP) is 6.16. The van der Waals surface area contributed by atoms with Crippen LogP contribution in [0.3, 0.4) is 0 Å². The lowest BCUT2D eigenvalue weighted by Crippen LogP contribution is -2.50. The van der Waals surface area contributed by atoms with E-state index in [2.05, 4.69) is 33.4 Å². The molecule has 4 aliphatic rings. The topological polar surface area (TPSA) is 9.23 Å². The van der Waals surface area contributed by atoms with Crippen molar-refractivity contribution in [2.24, 2.45) is 34.5 Å². The molecule has 24 heavy (non-hydrogen) atoms. The first-order valence-corrected chi connectivity index (χ1v) is 10.3. The van der Waals surface area contributed by atoms with Crippen molar-refractivity contribution in [2.45, 2.75) is 78.2 Å². The summed E-state index contributed by atoms with van der Waals surface area (Å²) in [5, 5.41) is 0. The fourth-order valence-electron chi connectivity index (χ4n) is 7.64. The van der Waals surface area contributed by atoms with Crippen molar-refractivity contribution in [2.75, 3.05) is 7.11 Å². The highest BCUT2D eigenvalue weighted by molar-refractivity contribution is 5.26. The van der Waals surface area contributed by atoms with Crippen LogP contribution in [0.2, 0.25) is 0 Å². The van der Waals surface area contributed by atoms with Gasteiger partial charge in [0.25, 0.3) is 0 Å². The summed E-state index contributed by atoms with van der Waals surface area (Å²) in [7, 11) is 1.89. The summed E-state index contributed by atoms with van der Waals surface area (Å²) in [6.07, 6.45) is 13.9. The SMILES string of the molecule is C=C(C)C1CC[C@H]2[C@@H]3CC=C4C[C@@H](OC)CC[C@]4(C)[C@H]3CC[C@]12C. The van der Waals surface area contributed by atoms with Crippen molar-refractivity contribution in [1.82, 2.24) is 0 Å². The van der Waals surface area contributed by atoms with Gasteiger partial charge in [-0.3, -0.25) is 0 Å². The molecular formula is C23H36O. The van der Waals surface area contributed by atoms with Crippen LogP contribution in [-0.4, -0.2) is 13.2 Å². The van der Waals surface area contributed by atoms with Gasteiger partial charge in [0.1, 0.15) is 0 Å². The minimum atomic E-state index is 0.459. The number of ether oxygens (including phenoxy) is 1. The standard InChI is InChI=1S/C23H36O/c1-15(2)19-8-9-20-18-7-6-16-14-17(24-5)10-12-22(16,3)21(18)11-13-23(19,20)4/h6,17-21H,1,7-14H2,2-5H3/t17-,18-,19?,20-,21-,22-,23+/m0/s1. The largest absolute Gasteiger partial charge is 0.381 e. The first kappa shape index (κ1) is 16.9. The second-order valence-corrected chi connectivity index (χ2v) is 9.88. The number of hydrogen-bond donors (Lipinski definition) is 0. The maximum absolute atomic E-state index is 5.70. The Bertz CT molecular complexity index is 560. The van der Waals surface area contributed by atoms with Gasteiger partial charge in [-0.15, -0.1) is 0 Å². The molecule has 1 nitrogen and oxygen atoms in total. The van der Waals surface area contributed by atoms with Crippen molar-refractivity contribution in [3.05, 3.63) is 23.8 Å². The molecule has 0 bridgehead atoms. The third-order valence-electron chi connectivity index (χ3n) is 8.99. The van der Waals surface area contributed by atoms with Gasteiger partial charge in [-0.1, -0.05) is 37.6 Å². The van der Waals surface area contributed by atoms with Gasteiger partial charge < -0.3 is 4.74 Å². The molecule has 7 atom stereocenters. The Labute approximate surface area is 148 Å². The van der Waals surface area contributed by atoms with Crippen LogP contribution in [0.1, 0.15) is 72.1 Å². The van der Waals surface area contributed by atoms with Crippen molar-refractivity contribution >= 4 is 0 Å². The summed E-state index contributed by atoms with van der Waals surface area (Å²) in [6.45, 7) is 11.8. The van der Waals surface area contributed by atoms with E-state index < -0.39 is 0 Å². The average Bonchev–Trinajstić information content (AvgIpc) is 2.91. The third-order valence-corrected chi connectivity index (χ3v) is 8.99. The van der Waals surface area contributed by atoms with E-state index in [1.165, 1.54) is 56.9 Å². The molecule has 1 heteroatoms. The second-order valence-electron chi connectivity index (χ2n) is 9.88. The predicted molar refractivity (Wildman–Crippen MR) is 101 cm³/mol. The lowest BCUT2D eigenvalue weighted by Gasteiger charge is -2.58. The number of fused-ring (bicyclic) bond motifs is 5. The van der Waals surface area contributed by atoms with Gasteiger partial charge >= 0.3 is 0 Å². The molecule has 0 saturated heterocycles. The van der Waals surface area contributed by atoms with Crippen LogP contribution in [-0.2, 0) is 4.74 Å². The Hall–Kier alpha value is -0.560. The van der Waals surface area contributed by atoms with Crippen LogP contribution < -0.4 is 0 Å². The Morgan fingerprint density at radius 2 is 1.92 bits per heavy atom. The van der Waals surface area contributed by atoms with E-state index in [4.69, 9.17) is 4.74 Å². The van der Waals surface area contributed by atoms with Crippen molar-refractivity contribution in [1.29, 1.82) is 0 Å². The quantitative estimate of drug-likeness (QED) is 0.552. The number of rotatable bonds is 2. The van der Waals surface area contributed by atoms with E-state index in [1.54, 1.807) is 5.57 Å². The van der Waals surface area contributed by atoms with Crippen LogP contribution in [0.4, 0.5) is 0 Å². The fourth-order valence-corrected chi connectivity index (χ4v) is 7.64. The van der Waals surface area contributed by atoms with E-state index in [-0.39, 0.29) is 0 Å². The van der Waals surface area contributed by atoms with Crippen molar-refractivity contribution in [3.8, 4) is 0 Å². The molecule has 0 amide bonds. The zero-order valence-electron chi connectivity index (χ0n) is 16.2. The summed E-state index contributed by atoms with van der Waals surface area (Å²) in [4.78, 5) is 0. The minimum absolute atomic E-state index is 0.459. The van der Waals surface area contributed by atoms with E-state index in [0.29, 0.717) is 16.9 Å². The van der Waals surface area contributed by atoms with Crippen molar-refractivity contribution in [3.63, 3.8) is 0 Å². The highest BCUT2D eigenvalue weighted by Gasteiger charge is 2.58. The van der Waals surface area contributed by atoms with Gasteiger partial charge in [0.2, 0.25) is 0 Å². The molecule has 4 rings (SSSR count). The number of allylic oxidation sites excluding steroid dienone is 2. The van der Waals surface area contributed by atoms with Crippen LogP contribution in [0.25, 0.3) is 0 Å². The maximum atomic E-state index is 5.70. The Morgan fingerprint density at radius 3 is 2.62 bits per heavy atom. The van der Waals surface area contributed by atoms with E-state index in [0.717, 1.165) is 23.7 Å². The van der Waals surface area contributed by atoms with Gasteiger partial charge in [0.15, 0.2) is 0 Å². The molecule has 0 aromatic rings. The minimum Gasteiger partial charge on any atom is -0.381 e. The second kappa shape index (κ2) is 5.73. The Morgan fingerprint density at radius 1 is 1.12 bits per heavy atom. The highest BCUT2D eigenvalue weighted by atomic mass is 16.5. The Kier molecular flexibility index (Phi) is 4.03. The van der Waals surface area contributed by atoms with Gasteiger partial charge in [-0.25, -0.2) is 0 Å². The van der Waals surface area contributed by atoms with Crippen LogP contribution in [0.5, 0.6) is 0 Å². The van der Waals surface area contributed by atoms with Crippen LogP contribution >= 0.6 is 0 Å². The summed E-state index contributed by atoms with van der Waals surface area (Å²) >= 11 is 0. The lowest BCUT2D eigenvalue weighted by molar-refractivity contribution is -0.0492. The maximum Gasteiger partial charge on any atom is 0.0608 e. The molecule has 0 aliphatic heterocycles.